The van der Waals surface area contributed by atoms with Crippen molar-refractivity contribution >= 4 is 23.6 Å². The van der Waals surface area contributed by atoms with Crippen LogP contribution in [-0.2, 0) is 20.8 Å². The number of nitrogen functional groups attached to an aromatic ring is 1. The fourth-order valence-electron chi connectivity index (χ4n) is 1.52. The number of nitrogens with two attached hydrogens (primary N) is 1. The summed E-state index contributed by atoms with van der Waals surface area (Å²) in [6.07, 6.45) is 0. The van der Waals surface area contributed by atoms with Crippen LogP contribution in [0.4, 0.5) is 11.6 Å². The van der Waals surface area contributed by atoms with Crippen LogP contribution < -0.4 is 10.6 Å². The highest BCUT2D eigenvalue weighted by atomic mass is 16.5. The minimum Gasteiger partial charge on any atom is -0.465 e. The van der Waals surface area contributed by atoms with Gasteiger partial charge in [-0.2, -0.15) is 5.10 Å². The van der Waals surface area contributed by atoms with Crippen molar-refractivity contribution in [2.75, 3.05) is 38.4 Å². The molecule has 0 saturated carbocycles. The van der Waals surface area contributed by atoms with Gasteiger partial charge >= 0.3 is 11.9 Å². The van der Waals surface area contributed by atoms with Gasteiger partial charge < -0.3 is 20.1 Å². The summed E-state index contributed by atoms with van der Waals surface area (Å²) in [5, 5.41) is 4.12. The van der Waals surface area contributed by atoms with Crippen LogP contribution in [0.25, 0.3) is 0 Å². The van der Waals surface area contributed by atoms with Gasteiger partial charge in [-0.15, -0.1) is 0 Å². The zero-order valence-corrected chi connectivity index (χ0v) is 11.5. The first-order valence-corrected chi connectivity index (χ1v) is 5.69. The molecule has 0 fully saturated rings. The number of carbonyl (C=O) groups excluding carboxylic acids is 2. The van der Waals surface area contributed by atoms with Crippen molar-refractivity contribution < 1.29 is 19.1 Å². The standard InChI is InChI=1S/C11H18N4O4/c1-5-19-7(16)6-15-9(12)8(11(17)18-4)10(13-15)14(2)3/h5-6,12H2,1-4H3. The maximum Gasteiger partial charge on any atom is 0.345 e. The Kier molecular flexibility index (Phi) is 4.74. The van der Waals surface area contributed by atoms with E-state index in [1.165, 1.54) is 11.8 Å². The summed E-state index contributed by atoms with van der Waals surface area (Å²) in [6.45, 7) is 1.82. The number of carbonyl (C=O) groups is 2. The molecule has 1 rings (SSSR count). The maximum absolute atomic E-state index is 11.7. The fraction of sp³-hybridized carbons (Fsp3) is 0.545. The molecule has 1 aromatic heterocycles. The molecule has 0 bridgehead atoms. The molecule has 8 nitrogen and oxygen atoms in total. The fourth-order valence-corrected chi connectivity index (χ4v) is 1.52. The van der Waals surface area contributed by atoms with Crippen LogP contribution in [0.5, 0.6) is 0 Å². The molecule has 0 aliphatic heterocycles. The number of methoxy groups -OCH3 is 1. The largest absolute Gasteiger partial charge is 0.465 e. The van der Waals surface area contributed by atoms with Crippen LogP contribution in [-0.4, -0.2) is 49.5 Å². The molecule has 0 aromatic carbocycles. The lowest BCUT2D eigenvalue weighted by Crippen LogP contribution is -2.17. The third-order valence-corrected chi connectivity index (χ3v) is 2.37. The molecule has 8 heteroatoms. The first-order valence-electron chi connectivity index (χ1n) is 5.69. The first-order chi connectivity index (χ1) is 8.92. The zero-order valence-electron chi connectivity index (χ0n) is 11.5. The monoisotopic (exact) mass is 270 g/mol. The van der Waals surface area contributed by atoms with Gasteiger partial charge in [0.15, 0.2) is 5.82 Å². The van der Waals surface area contributed by atoms with E-state index in [-0.39, 0.29) is 24.5 Å². The highest BCUT2D eigenvalue weighted by Crippen LogP contribution is 2.24. The summed E-state index contributed by atoms with van der Waals surface area (Å²) < 4.78 is 10.7. The van der Waals surface area contributed by atoms with E-state index in [1.54, 1.807) is 25.9 Å². The van der Waals surface area contributed by atoms with Gasteiger partial charge in [0.2, 0.25) is 0 Å². The maximum atomic E-state index is 11.7. The van der Waals surface area contributed by atoms with Gasteiger partial charge in [-0.05, 0) is 6.92 Å². The van der Waals surface area contributed by atoms with Gasteiger partial charge in [-0.25, -0.2) is 9.48 Å². The Morgan fingerprint density at radius 1 is 1.42 bits per heavy atom. The second kappa shape index (κ2) is 6.07. The van der Waals surface area contributed by atoms with Crippen molar-refractivity contribution in [3.05, 3.63) is 5.56 Å². The van der Waals surface area contributed by atoms with Crippen LogP contribution in [0.1, 0.15) is 17.3 Å². The van der Waals surface area contributed by atoms with E-state index in [9.17, 15) is 9.59 Å². The SMILES string of the molecule is CCOC(=O)Cn1nc(N(C)C)c(C(=O)OC)c1N. The predicted molar refractivity (Wildman–Crippen MR) is 68.9 cm³/mol. The number of hydrogen-bond acceptors (Lipinski definition) is 7. The van der Waals surface area contributed by atoms with Gasteiger partial charge in [-0.3, -0.25) is 4.79 Å². The normalized spacial score (nSPS) is 10.1. The highest BCUT2D eigenvalue weighted by Gasteiger charge is 2.25. The molecule has 0 saturated heterocycles. The Bertz CT molecular complexity index is 481. The summed E-state index contributed by atoms with van der Waals surface area (Å²) in [5.74, 6) is -0.660. The Morgan fingerprint density at radius 3 is 2.53 bits per heavy atom. The van der Waals surface area contributed by atoms with Crippen molar-refractivity contribution in [2.24, 2.45) is 0 Å². The number of aromatic nitrogens is 2. The molecule has 0 radical (unpaired) electrons. The average molecular weight is 270 g/mol. The summed E-state index contributed by atoms with van der Waals surface area (Å²) in [4.78, 5) is 24.7. The van der Waals surface area contributed by atoms with Gasteiger partial charge in [0.05, 0.1) is 13.7 Å². The summed E-state index contributed by atoms with van der Waals surface area (Å²) >= 11 is 0. The van der Waals surface area contributed by atoms with Gasteiger partial charge in [0.25, 0.3) is 0 Å². The molecule has 1 aromatic rings. The van der Waals surface area contributed by atoms with E-state index in [0.29, 0.717) is 5.82 Å². The average Bonchev–Trinajstić information content (AvgIpc) is 2.66. The molecule has 1 heterocycles. The molecular weight excluding hydrogens is 252 g/mol. The van der Waals surface area contributed by atoms with Gasteiger partial charge in [0, 0.05) is 14.1 Å². The highest BCUT2D eigenvalue weighted by molar-refractivity contribution is 5.99. The van der Waals surface area contributed by atoms with E-state index in [4.69, 9.17) is 10.5 Å². The molecular formula is C11H18N4O4. The van der Waals surface area contributed by atoms with E-state index >= 15 is 0 Å². The molecule has 2 N–H and O–H groups in total. The second-order valence-electron chi connectivity index (χ2n) is 3.93. The Morgan fingerprint density at radius 2 is 2.05 bits per heavy atom. The molecule has 0 aliphatic carbocycles. The topological polar surface area (TPSA) is 99.7 Å². The lowest BCUT2D eigenvalue weighted by Gasteiger charge is -2.09. The number of anilines is 2. The molecule has 0 unspecified atom stereocenters. The van der Waals surface area contributed by atoms with Crippen molar-refractivity contribution in [3.63, 3.8) is 0 Å². The number of nitrogens with zero attached hydrogens (tertiary/aromatic N) is 3. The smallest absolute Gasteiger partial charge is 0.345 e. The molecule has 19 heavy (non-hydrogen) atoms. The van der Waals surface area contributed by atoms with E-state index < -0.39 is 11.9 Å². The number of esters is 2. The van der Waals surface area contributed by atoms with Crippen LogP contribution in [0.3, 0.4) is 0 Å². The molecule has 0 aliphatic rings. The summed E-state index contributed by atoms with van der Waals surface area (Å²) in [7, 11) is 4.68. The predicted octanol–water partition coefficient (Wildman–Crippen LogP) is -0.119. The molecule has 0 atom stereocenters. The summed E-state index contributed by atoms with van der Waals surface area (Å²) in [6, 6.07) is 0. The van der Waals surface area contributed by atoms with E-state index in [0.717, 1.165) is 0 Å². The second-order valence-corrected chi connectivity index (χ2v) is 3.93. The lowest BCUT2D eigenvalue weighted by molar-refractivity contribution is -0.144. The van der Waals surface area contributed by atoms with Crippen LogP contribution >= 0.6 is 0 Å². The Balaban J connectivity index is 3.14. The zero-order chi connectivity index (χ0) is 14.6. The van der Waals surface area contributed by atoms with Gasteiger partial charge in [-0.1, -0.05) is 0 Å². The van der Waals surface area contributed by atoms with Crippen LogP contribution in [0.2, 0.25) is 0 Å². The number of rotatable bonds is 5. The minimum absolute atomic E-state index is 0.0728. The molecule has 106 valence electrons. The molecule has 0 amide bonds. The number of hydrogen-bond donors (Lipinski definition) is 1. The quantitative estimate of drug-likeness (QED) is 0.744. The molecule has 0 spiro atoms. The van der Waals surface area contributed by atoms with Crippen LogP contribution in [0.15, 0.2) is 0 Å². The summed E-state index contributed by atoms with van der Waals surface area (Å²) in [5.41, 5.74) is 5.96. The first kappa shape index (κ1) is 14.8. The third kappa shape index (κ3) is 3.15. The Hall–Kier alpha value is -2.25. The van der Waals surface area contributed by atoms with E-state index in [1.807, 2.05) is 0 Å². The third-order valence-electron chi connectivity index (χ3n) is 2.37. The van der Waals surface area contributed by atoms with Crippen molar-refractivity contribution in [1.29, 1.82) is 0 Å². The number of ether oxygens (including phenoxy) is 2. The lowest BCUT2D eigenvalue weighted by atomic mass is 10.3. The Labute approximate surface area is 111 Å². The van der Waals surface area contributed by atoms with E-state index in [2.05, 4.69) is 9.84 Å². The van der Waals surface area contributed by atoms with Crippen molar-refractivity contribution in [1.82, 2.24) is 9.78 Å². The van der Waals surface area contributed by atoms with Gasteiger partial charge in [0.1, 0.15) is 17.9 Å². The minimum atomic E-state index is -0.601. The van der Waals surface area contributed by atoms with Crippen molar-refractivity contribution in [2.45, 2.75) is 13.5 Å². The van der Waals surface area contributed by atoms with Crippen molar-refractivity contribution in [3.8, 4) is 0 Å². The van der Waals surface area contributed by atoms with Crippen LogP contribution in [0, 0.1) is 0 Å².